The van der Waals surface area contributed by atoms with Crippen LogP contribution in [-0.2, 0) is 33.3 Å². The summed E-state index contributed by atoms with van der Waals surface area (Å²) in [4.78, 5) is 60.0. The summed E-state index contributed by atoms with van der Waals surface area (Å²) in [5.74, 6) is -0.762. The quantitative estimate of drug-likeness (QED) is 0.108. The number of likely N-dealkylation sites (tertiary alicyclic amines) is 1. The first kappa shape index (κ1) is 45.2. The van der Waals surface area contributed by atoms with Gasteiger partial charge in [-0.05, 0) is 52.5 Å². The molecule has 2 aromatic rings. The van der Waals surface area contributed by atoms with Gasteiger partial charge in [-0.15, -0.1) is 17.0 Å². The molecule has 2 aliphatic rings. The summed E-state index contributed by atoms with van der Waals surface area (Å²) in [6.07, 6.45) is 6.01. The number of likely N-dealkylation sites (N-methyl/N-ethyl adjacent to an activating group) is 1. The van der Waals surface area contributed by atoms with Gasteiger partial charge in [0.2, 0.25) is 17.7 Å². The molecule has 17 heteroatoms. The summed E-state index contributed by atoms with van der Waals surface area (Å²) >= 11 is 1.14. The van der Waals surface area contributed by atoms with Gasteiger partial charge in [0.1, 0.15) is 22.8 Å². The van der Waals surface area contributed by atoms with Crippen LogP contribution in [-0.4, -0.2) is 125 Å². The average Bonchev–Trinajstić information content (AvgIpc) is 3.83. The first-order valence-electron chi connectivity index (χ1n) is 18.8. The van der Waals surface area contributed by atoms with E-state index in [1.165, 1.54) is 0 Å². The number of carbonyl (C=O) groups is 4. The Kier molecular flexibility index (Phi) is 21.0. The van der Waals surface area contributed by atoms with Crippen molar-refractivity contribution in [3.63, 3.8) is 0 Å². The first-order chi connectivity index (χ1) is 25.8. The van der Waals surface area contributed by atoms with Crippen LogP contribution in [0.25, 0.3) is 11.3 Å². The molecule has 1 aliphatic heterocycles. The highest BCUT2D eigenvalue weighted by atomic mass is 79.9. The molecule has 3 atom stereocenters. The Bertz CT molecular complexity index is 1430. The number of carbonyl (C=O) groups excluding carboxylic acids is 4. The van der Waals surface area contributed by atoms with Gasteiger partial charge in [0.15, 0.2) is 5.13 Å². The van der Waals surface area contributed by atoms with Crippen LogP contribution in [0.15, 0.2) is 30.3 Å². The molecule has 0 radical (unpaired) electrons. The lowest BCUT2D eigenvalue weighted by atomic mass is 9.83. The first-order valence-corrected chi connectivity index (χ1v) is 19.6. The molecule has 1 aliphatic carbocycles. The molecule has 302 valence electrons. The number of amides is 5. The number of hydrogen-bond donors (Lipinski definition) is 5. The molecule has 0 unspecified atom stereocenters. The van der Waals surface area contributed by atoms with E-state index in [0.29, 0.717) is 88.1 Å². The Morgan fingerprint density at radius 1 is 0.870 bits per heavy atom. The normalized spacial score (nSPS) is 16.9. The Morgan fingerprint density at radius 2 is 1.52 bits per heavy atom. The predicted molar refractivity (Wildman–Crippen MR) is 214 cm³/mol. The monoisotopic (exact) mass is 839 g/mol. The molecule has 1 saturated carbocycles. The van der Waals surface area contributed by atoms with Crippen molar-refractivity contribution in [3.8, 4) is 11.3 Å². The van der Waals surface area contributed by atoms with E-state index >= 15 is 0 Å². The SMILES string of the molecule is Br.CCOCCOCCOCCOCCNC(=O)Nc1nc(-c2ccccc2)c(NC(=O)[C@@H]2CCCN2C(=O)[C@@H](NC(=O)[C@H](C)NC)C2CCCCC2)s1. The summed E-state index contributed by atoms with van der Waals surface area (Å²) in [6.45, 7) is 8.22. The van der Waals surface area contributed by atoms with Crippen LogP contribution in [0.4, 0.5) is 14.9 Å². The minimum absolute atomic E-state index is 0. The summed E-state index contributed by atoms with van der Waals surface area (Å²) < 4.78 is 21.6. The van der Waals surface area contributed by atoms with Crippen LogP contribution in [0.1, 0.15) is 58.8 Å². The number of rotatable bonds is 22. The maximum absolute atomic E-state index is 14.1. The summed E-state index contributed by atoms with van der Waals surface area (Å²) in [7, 11) is 1.71. The smallest absolute Gasteiger partial charge is 0.321 e. The molecule has 1 saturated heterocycles. The average molecular weight is 841 g/mol. The van der Waals surface area contributed by atoms with E-state index in [9.17, 15) is 19.2 Å². The van der Waals surface area contributed by atoms with Crippen molar-refractivity contribution in [1.29, 1.82) is 0 Å². The summed E-state index contributed by atoms with van der Waals surface area (Å²) in [5, 5.41) is 15.3. The molecule has 2 heterocycles. The Labute approximate surface area is 333 Å². The molecule has 0 bridgehead atoms. The third-order valence-electron chi connectivity index (χ3n) is 9.33. The Hall–Kier alpha value is -3.19. The number of thiazole rings is 1. The van der Waals surface area contributed by atoms with Crippen molar-refractivity contribution >= 4 is 62.2 Å². The van der Waals surface area contributed by atoms with E-state index in [4.69, 9.17) is 18.9 Å². The highest BCUT2D eigenvalue weighted by Gasteiger charge is 2.41. The van der Waals surface area contributed by atoms with Gasteiger partial charge >= 0.3 is 6.03 Å². The van der Waals surface area contributed by atoms with Gasteiger partial charge in [-0.1, -0.05) is 60.9 Å². The van der Waals surface area contributed by atoms with Crippen LogP contribution in [0, 0.1) is 5.92 Å². The number of halogens is 1. The highest BCUT2D eigenvalue weighted by Crippen LogP contribution is 2.37. The van der Waals surface area contributed by atoms with E-state index in [-0.39, 0.29) is 47.2 Å². The lowest BCUT2D eigenvalue weighted by Crippen LogP contribution is -2.57. The fourth-order valence-electron chi connectivity index (χ4n) is 6.37. The molecule has 2 fully saturated rings. The van der Waals surface area contributed by atoms with Crippen molar-refractivity contribution in [2.24, 2.45) is 5.92 Å². The van der Waals surface area contributed by atoms with Crippen molar-refractivity contribution in [2.45, 2.75) is 76.9 Å². The molecule has 1 aromatic heterocycles. The third-order valence-corrected chi connectivity index (χ3v) is 10.2. The molecular formula is C37H58BrN7O8S. The maximum atomic E-state index is 14.1. The number of anilines is 2. The standard InChI is InChI=1S/C37H57N7O8S.BrH/c1-4-49-20-21-51-24-25-52-23-22-50-19-17-39-36(48)43-37-41-30(27-12-7-5-8-13-27)34(53-37)42-33(46)29-16-11-18-44(29)35(47)31(28-14-9-6-10-15-28)40-32(45)26(2)38-3;/h5,7-8,12-13,26,28-29,31,38H,4,6,9-11,14-25H2,1-3H3,(H,40,45)(H,42,46)(H2,39,41,43,48);1H/t26-,29-,31-;/m0./s1. The van der Waals surface area contributed by atoms with Crippen LogP contribution >= 0.6 is 28.3 Å². The third kappa shape index (κ3) is 14.5. The number of nitrogens with one attached hydrogen (secondary N) is 5. The van der Waals surface area contributed by atoms with E-state index in [2.05, 4.69) is 31.6 Å². The number of nitrogens with zero attached hydrogens (tertiary/aromatic N) is 2. The minimum Gasteiger partial charge on any atom is -0.379 e. The Balaban J connectivity index is 0.00000784. The largest absolute Gasteiger partial charge is 0.379 e. The molecule has 15 nitrogen and oxygen atoms in total. The number of aromatic nitrogens is 1. The molecule has 5 N–H and O–H groups in total. The maximum Gasteiger partial charge on any atom is 0.321 e. The van der Waals surface area contributed by atoms with Gasteiger partial charge in [0.25, 0.3) is 0 Å². The summed E-state index contributed by atoms with van der Waals surface area (Å²) in [6, 6.07) is 7.06. The zero-order chi connectivity index (χ0) is 37.8. The number of hydrogen-bond acceptors (Lipinski definition) is 11. The summed E-state index contributed by atoms with van der Waals surface area (Å²) in [5.41, 5.74) is 1.27. The molecule has 5 amide bonds. The second-order valence-electron chi connectivity index (χ2n) is 13.1. The number of ether oxygens (including phenoxy) is 4. The lowest BCUT2D eigenvalue weighted by molar-refractivity contribution is -0.142. The van der Waals surface area contributed by atoms with Gasteiger partial charge in [-0.25, -0.2) is 9.78 Å². The van der Waals surface area contributed by atoms with Crippen LogP contribution in [0.3, 0.4) is 0 Å². The molecule has 54 heavy (non-hydrogen) atoms. The zero-order valence-electron chi connectivity index (χ0n) is 31.7. The van der Waals surface area contributed by atoms with E-state index < -0.39 is 24.2 Å². The topological polar surface area (TPSA) is 181 Å². The van der Waals surface area contributed by atoms with E-state index in [1.54, 1.807) is 18.9 Å². The van der Waals surface area contributed by atoms with Crippen molar-refractivity contribution in [1.82, 2.24) is 25.8 Å². The molecular weight excluding hydrogens is 782 g/mol. The van der Waals surface area contributed by atoms with Crippen LogP contribution in [0.5, 0.6) is 0 Å². The number of benzene rings is 1. The predicted octanol–water partition coefficient (Wildman–Crippen LogP) is 4.20. The van der Waals surface area contributed by atoms with Gasteiger partial charge in [-0.2, -0.15) is 0 Å². The molecule has 4 rings (SSSR count). The van der Waals surface area contributed by atoms with Crippen molar-refractivity contribution < 1.29 is 38.1 Å². The zero-order valence-corrected chi connectivity index (χ0v) is 34.2. The fourth-order valence-corrected chi connectivity index (χ4v) is 7.25. The van der Waals surface area contributed by atoms with Crippen LogP contribution in [0.2, 0.25) is 0 Å². The van der Waals surface area contributed by atoms with Gasteiger partial charge in [0, 0.05) is 25.3 Å². The minimum atomic E-state index is -0.706. The van der Waals surface area contributed by atoms with Gasteiger partial charge in [0.05, 0.1) is 52.3 Å². The van der Waals surface area contributed by atoms with Crippen molar-refractivity contribution in [3.05, 3.63) is 30.3 Å². The fraction of sp³-hybridized carbons (Fsp3) is 0.649. The second-order valence-corrected chi connectivity index (χ2v) is 14.1. The number of urea groups is 1. The highest BCUT2D eigenvalue weighted by molar-refractivity contribution is 8.93. The second kappa shape index (κ2) is 25.1. The van der Waals surface area contributed by atoms with E-state index in [0.717, 1.165) is 49.0 Å². The van der Waals surface area contributed by atoms with Gasteiger partial charge < -0.3 is 45.1 Å². The molecule has 0 spiro atoms. The van der Waals surface area contributed by atoms with Gasteiger partial charge in [-0.3, -0.25) is 19.7 Å². The lowest BCUT2D eigenvalue weighted by Gasteiger charge is -2.35. The Morgan fingerprint density at radius 3 is 2.17 bits per heavy atom. The van der Waals surface area contributed by atoms with E-state index in [1.807, 2.05) is 37.3 Å². The molecule has 1 aromatic carbocycles. The van der Waals surface area contributed by atoms with Crippen LogP contribution < -0.4 is 26.6 Å². The van der Waals surface area contributed by atoms with Crippen molar-refractivity contribution in [2.75, 3.05) is 83.6 Å².